The van der Waals surface area contributed by atoms with Crippen molar-refractivity contribution >= 4 is 30.0 Å². The summed E-state index contributed by atoms with van der Waals surface area (Å²) in [5.41, 5.74) is 2.74. The highest BCUT2D eigenvalue weighted by atomic mass is 35.5. The second-order valence-electron chi connectivity index (χ2n) is 8.64. The van der Waals surface area contributed by atoms with Crippen molar-refractivity contribution in [3.05, 3.63) is 40.3 Å². The largest absolute Gasteiger partial charge is 0.349 e. The van der Waals surface area contributed by atoms with Crippen LogP contribution in [0.25, 0.3) is 6.08 Å². The van der Waals surface area contributed by atoms with E-state index in [-0.39, 0.29) is 11.9 Å². The average molecular weight is 462 g/mol. The maximum Gasteiger partial charge on any atom is 0.253 e. The molecular formula is C26H40ClN3O2. The predicted octanol–water partition coefficient (Wildman–Crippen LogP) is 6.30. The van der Waals surface area contributed by atoms with Crippen molar-refractivity contribution in [2.24, 2.45) is 5.92 Å². The zero-order chi connectivity index (χ0) is 23.3. The van der Waals surface area contributed by atoms with Crippen LogP contribution in [0.15, 0.2) is 23.4 Å². The highest BCUT2D eigenvalue weighted by molar-refractivity contribution is 6.31. The molecule has 2 fully saturated rings. The Balaban J connectivity index is 0.00000176. The first-order chi connectivity index (χ1) is 15.6. The molecule has 6 heteroatoms. The summed E-state index contributed by atoms with van der Waals surface area (Å²) in [6, 6.07) is 2.27. The van der Waals surface area contributed by atoms with Crippen LogP contribution in [-0.2, 0) is 11.3 Å². The summed E-state index contributed by atoms with van der Waals surface area (Å²) in [5, 5.41) is 6.13. The number of amides is 2. The van der Waals surface area contributed by atoms with Gasteiger partial charge in [-0.2, -0.15) is 0 Å². The van der Waals surface area contributed by atoms with Crippen LogP contribution in [-0.4, -0.2) is 22.9 Å². The number of rotatable bonds is 8. The number of aromatic nitrogens is 1. The minimum Gasteiger partial charge on any atom is -0.349 e. The Hall–Kier alpha value is -2.01. The Morgan fingerprint density at radius 2 is 1.72 bits per heavy atom. The summed E-state index contributed by atoms with van der Waals surface area (Å²) >= 11 is 6.16. The lowest BCUT2D eigenvalue weighted by Gasteiger charge is -2.24. The quantitative estimate of drug-likeness (QED) is 0.352. The molecule has 2 aliphatic rings. The highest BCUT2D eigenvalue weighted by Crippen LogP contribution is 2.28. The number of nitrogens with zero attached hydrogens (tertiary/aromatic N) is 1. The molecule has 0 spiro atoms. The molecule has 2 N–H and O–H groups in total. The summed E-state index contributed by atoms with van der Waals surface area (Å²) in [5.74, 6) is 0.676. The number of hydrogen-bond donors (Lipinski definition) is 2. The molecule has 32 heavy (non-hydrogen) atoms. The van der Waals surface area contributed by atoms with E-state index in [1.54, 1.807) is 6.08 Å². The lowest BCUT2D eigenvalue weighted by atomic mass is 9.89. The molecule has 1 heterocycles. The number of halogens is 1. The lowest BCUT2D eigenvalue weighted by molar-refractivity contribution is -0.108. The number of allylic oxidation sites excluding steroid dienone is 2. The first-order valence-electron chi connectivity index (χ1n) is 12.3. The van der Waals surface area contributed by atoms with Crippen molar-refractivity contribution in [2.75, 3.05) is 0 Å². The van der Waals surface area contributed by atoms with Crippen LogP contribution in [0, 0.1) is 12.8 Å². The number of hydrogen-bond acceptors (Lipinski definition) is 2. The third kappa shape index (κ3) is 7.84. The molecule has 2 amide bonds. The molecule has 0 aliphatic heterocycles. The number of carbonyl (C=O) groups is 2. The molecule has 178 valence electrons. The third-order valence-electron chi connectivity index (χ3n) is 6.45. The first kappa shape index (κ1) is 26.2. The fourth-order valence-corrected chi connectivity index (χ4v) is 4.87. The molecule has 0 aromatic carbocycles. The molecule has 5 nitrogen and oxygen atoms in total. The van der Waals surface area contributed by atoms with Crippen LogP contribution in [0.3, 0.4) is 0 Å². The van der Waals surface area contributed by atoms with Crippen LogP contribution >= 0.6 is 11.6 Å². The highest BCUT2D eigenvalue weighted by Gasteiger charge is 2.22. The van der Waals surface area contributed by atoms with Gasteiger partial charge in [0, 0.05) is 30.2 Å². The van der Waals surface area contributed by atoms with Crippen molar-refractivity contribution in [2.45, 2.75) is 97.6 Å². The van der Waals surface area contributed by atoms with Gasteiger partial charge in [-0.25, -0.2) is 0 Å². The van der Waals surface area contributed by atoms with E-state index in [4.69, 9.17) is 11.6 Å². The van der Waals surface area contributed by atoms with Crippen molar-refractivity contribution < 1.29 is 9.59 Å². The fourth-order valence-electron chi connectivity index (χ4n) is 4.74. The maximum absolute atomic E-state index is 13.0. The lowest BCUT2D eigenvalue weighted by Crippen LogP contribution is -2.36. The summed E-state index contributed by atoms with van der Waals surface area (Å²) in [7, 11) is 0. The van der Waals surface area contributed by atoms with Crippen LogP contribution in [0.2, 0.25) is 0 Å². The summed E-state index contributed by atoms with van der Waals surface area (Å²) in [6.07, 6.45) is 17.9. The summed E-state index contributed by atoms with van der Waals surface area (Å²) < 4.78 is 2.26. The van der Waals surface area contributed by atoms with Gasteiger partial charge >= 0.3 is 0 Å². The van der Waals surface area contributed by atoms with E-state index in [1.165, 1.54) is 57.6 Å². The van der Waals surface area contributed by atoms with Gasteiger partial charge in [-0.05, 0) is 56.7 Å². The van der Waals surface area contributed by atoms with E-state index in [9.17, 15) is 9.59 Å². The van der Waals surface area contributed by atoms with Crippen molar-refractivity contribution in [3.63, 3.8) is 0 Å². The molecule has 0 saturated heterocycles. The second kappa shape index (κ2) is 14.2. The Labute approximate surface area is 198 Å². The van der Waals surface area contributed by atoms with E-state index < -0.39 is 0 Å². The standard InChI is InChI=1S/C24H34ClN3O2.C2H6/c1-18-23(24(30)27-21-10-6-3-7-11-21)14-22(13-12-20(25)15-26-17-29)28(18)16-19-8-4-2-5-9-19;1-2/h12-15,17,19,21H,2-11,16H2,1H3,(H,26,29)(H,27,30);1-2H3/b13-12+,20-15+;. The molecule has 2 saturated carbocycles. The van der Waals surface area contributed by atoms with Crippen LogP contribution < -0.4 is 10.6 Å². The third-order valence-corrected chi connectivity index (χ3v) is 6.69. The first-order valence-corrected chi connectivity index (χ1v) is 12.7. The van der Waals surface area contributed by atoms with Crippen LogP contribution in [0.4, 0.5) is 0 Å². The Bertz CT molecular complexity index is 785. The molecule has 0 bridgehead atoms. The van der Waals surface area contributed by atoms with Gasteiger partial charge in [0.1, 0.15) is 0 Å². The maximum atomic E-state index is 13.0. The zero-order valence-electron chi connectivity index (χ0n) is 20.0. The molecule has 3 rings (SSSR count). The SMILES string of the molecule is CC.Cc1c(C(=O)NC2CCCCC2)cc(/C=C/C(Cl)=C\NC=O)n1CC1CCCCC1. The average Bonchev–Trinajstić information content (AvgIpc) is 3.14. The molecule has 2 aliphatic carbocycles. The van der Waals surface area contributed by atoms with Crippen molar-refractivity contribution in [3.8, 4) is 0 Å². The van der Waals surface area contributed by atoms with Gasteiger partial charge < -0.3 is 15.2 Å². The Morgan fingerprint density at radius 3 is 2.34 bits per heavy atom. The Morgan fingerprint density at radius 1 is 1.09 bits per heavy atom. The van der Waals surface area contributed by atoms with Gasteiger partial charge in [0.05, 0.1) is 10.6 Å². The van der Waals surface area contributed by atoms with Gasteiger partial charge in [0.2, 0.25) is 6.41 Å². The van der Waals surface area contributed by atoms with Crippen molar-refractivity contribution in [1.82, 2.24) is 15.2 Å². The van der Waals surface area contributed by atoms with Gasteiger partial charge in [-0.15, -0.1) is 0 Å². The Kier molecular flexibility index (Phi) is 11.6. The minimum atomic E-state index is 0.0284. The minimum absolute atomic E-state index is 0.0284. The van der Waals surface area contributed by atoms with Gasteiger partial charge in [0.25, 0.3) is 5.91 Å². The predicted molar refractivity (Wildman–Crippen MR) is 134 cm³/mol. The van der Waals surface area contributed by atoms with Crippen LogP contribution in [0.1, 0.15) is 99.8 Å². The second-order valence-corrected chi connectivity index (χ2v) is 9.07. The molecule has 1 aromatic heterocycles. The fraction of sp³-hybridized carbons (Fsp3) is 0.615. The van der Waals surface area contributed by atoms with Gasteiger partial charge in [-0.1, -0.05) is 64.0 Å². The molecular weight excluding hydrogens is 422 g/mol. The topological polar surface area (TPSA) is 63.1 Å². The molecule has 0 atom stereocenters. The van der Waals surface area contributed by atoms with E-state index in [1.807, 2.05) is 32.9 Å². The molecule has 0 radical (unpaired) electrons. The normalized spacial score (nSPS) is 18.2. The van der Waals surface area contributed by atoms with Gasteiger partial charge in [-0.3, -0.25) is 9.59 Å². The number of nitrogens with one attached hydrogen (secondary N) is 2. The van der Waals surface area contributed by atoms with Crippen molar-refractivity contribution in [1.29, 1.82) is 0 Å². The number of carbonyl (C=O) groups excluding carboxylic acids is 2. The summed E-state index contributed by atoms with van der Waals surface area (Å²) in [6.45, 7) is 6.97. The monoisotopic (exact) mass is 461 g/mol. The molecule has 1 aromatic rings. The van der Waals surface area contributed by atoms with E-state index in [0.29, 0.717) is 17.4 Å². The summed E-state index contributed by atoms with van der Waals surface area (Å²) in [4.78, 5) is 23.5. The van der Waals surface area contributed by atoms with Crippen LogP contribution in [0.5, 0.6) is 0 Å². The van der Waals surface area contributed by atoms with Gasteiger partial charge in [0.15, 0.2) is 0 Å². The van der Waals surface area contributed by atoms with E-state index in [2.05, 4.69) is 15.2 Å². The molecule has 0 unspecified atom stereocenters. The smallest absolute Gasteiger partial charge is 0.253 e. The van der Waals surface area contributed by atoms with E-state index >= 15 is 0 Å². The van der Waals surface area contributed by atoms with E-state index in [0.717, 1.165) is 36.3 Å². The zero-order valence-corrected chi connectivity index (χ0v) is 20.7.